The minimum absolute atomic E-state index is 0.306. The zero-order chi connectivity index (χ0) is 23.1. The van der Waals surface area contributed by atoms with E-state index in [1.807, 2.05) is 30.3 Å². The SMILES string of the molecule is O=C(NCc1ccc(Cl)cc1)OC1=NOC2(CCN(C(=S)NCCc3ccccc3)CC2)C1. The standard InChI is InChI=1S/C24H27ClN4O3S/c25-20-8-6-19(7-9-20)17-27-23(30)31-21-16-24(32-28-21)11-14-29(15-12-24)22(33)26-13-10-18-4-2-1-3-5-18/h1-9H,10-17H2,(H,26,33)(H,27,30). The average Bonchev–Trinajstić information content (AvgIpc) is 3.21. The van der Waals surface area contributed by atoms with Crippen LogP contribution in [0.3, 0.4) is 0 Å². The Balaban J connectivity index is 1.15. The van der Waals surface area contributed by atoms with Gasteiger partial charge < -0.3 is 25.1 Å². The van der Waals surface area contributed by atoms with Crippen molar-refractivity contribution < 1.29 is 14.4 Å². The van der Waals surface area contributed by atoms with Crippen molar-refractivity contribution in [3.8, 4) is 0 Å². The molecule has 33 heavy (non-hydrogen) atoms. The van der Waals surface area contributed by atoms with Crippen molar-refractivity contribution in [3.05, 3.63) is 70.7 Å². The Hall–Kier alpha value is -2.84. The number of nitrogens with zero attached hydrogens (tertiary/aromatic N) is 2. The van der Waals surface area contributed by atoms with Gasteiger partial charge >= 0.3 is 6.09 Å². The minimum atomic E-state index is -0.550. The lowest BCUT2D eigenvalue weighted by Gasteiger charge is -2.38. The number of amides is 1. The zero-order valence-electron chi connectivity index (χ0n) is 18.3. The number of carbonyl (C=O) groups excluding carboxylic acids is 1. The van der Waals surface area contributed by atoms with Crippen molar-refractivity contribution in [1.29, 1.82) is 0 Å². The number of benzene rings is 2. The molecule has 0 aromatic heterocycles. The molecule has 1 fully saturated rings. The van der Waals surface area contributed by atoms with Crippen molar-refractivity contribution >= 4 is 40.9 Å². The van der Waals surface area contributed by atoms with Gasteiger partial charge in [0, 0.05) is 44.0 Å². The lowest BCUT2D eigenvalue weighted by molar-refractivity contribution is -0.0524. The second-order valence-corrected chi connectivity index (χ2v) is 9.08. The molecule has 2 aliphatic rings. The Morgan fingerprint density at radius 1 is 1.09 bits per heavy atom. The van der Waals surface area contributed by atoms with Crippen LogP contribution in [0.2, 0.25) is 5.02 Å². The number of hydrogen-bond donors (Lipinski definition) is 2. The first-order valence-electron chi connectivity index (χ1n) is 11.0. The Labute approximate surface area is 204 Å². The summed E-state index contributed by atoms with van der Waals surface area (Å²) >= 11 is 11.4. The molecule has 1 spiro atoms. The highest BCUT2D eigenvalue weighted by atomic mass is 35.5. The van der Waals surface area contributed by atoms with Gasteiger partial charge in [-0.1, -0.05) is 59.2 Å². The molecular weight excluding hydrogens is 460 g/mol. The summed E-state index contributed by atoms with van der Waals surface area (Å²) in [6.07, 6.45) is 2.37. The summed E-state index contributed by atoms with van der Waals surface area (Å²) in [4.78, 5) is 20.0. The maximum Gasteiger partial charge on any atom is 0.414 e. The van der Waals surface area contributed by atoms with E-state index in [1.54, 1.807) is 12.1 Å². The van der Waals surface area contributed by atoms with Crippen LogP contribution >= 0.6 is 23.8 Å². The molecule has 0 aliphatic carbocycles. The molecule has 0 saturated carbocycles. The van der Waals surface area contributed by atoms with Gasteiger partial charge in [-0.3, -0.25) is 0 Å². The van der Waals surface area contributed by atoms with Crippen LogP contribution in [-0.2, 0) is 22.5 Å². The first kappa shape index (κ1) is 23.3. The van der Waals surface area contributed by atoms with E-state index in [0.29, 0.717) is 23.9 Å². The number of likely N-dealkylation sites (tertiary alicyclic amines) is 1. The topological polar surface area (TPSA) is 75.2 Å². The van der Waals surface area contributed by atoms with Crippen LogP contribution in [0.15, 0.2) is 59.8 Å². The fourth-order valence-corrected chi connectivity index (χ4v) is 4.33. The quantitative estimate of drug-likeness (QED) is 0.615. The molecule has 1 saturated heterocycles. The molecule has 1 amide bonds. The first-order chi connectivity index (χ1) is 16.0. The zero-order valence-corrected chi connectivity index (χ0v) is 19.8. The van der Waals surface area contributed by atoms with Crippen molar-refractivity contribution in [1.82, 2.24) is 15.5 Å². The summed E-state index contributed by atoms with van der Waals surface area (Å²) < 4.78 is 5.35. The highest BCUT2D eigenvalue weighted by Crippen LogP contribution is 2.35. The maximum atomic E-state index is 12.1. The molecule has 4 rings (SSSR count). The van der Waals surface area contributed by atoms with Crippen LogP contribution < -0.4 is 10.6 Å². The van der Waals surface area contributed by atoms with Crippen LogP contribution in [0.5, 0.6) is 0 Å². The Bertz CT molecular complexity index is 993. The van der Waals surface area contributed by atoms with Gasteiger partial charge in [0.1, 0.15) is 5.60 Å². The summed E-state index contributed by atoms with van der Waals surface area (Å²) in [6, 6.07) is 17.6. The third-order valence-electron chi connectivity index (χ3n) is 5.87. The lowest BCUT2D eigenvalue weighted by atomic mass is 9.88. The number of nitrogens with one attached hydrogen (secondary N) is 2. The highest BCUT2D eigenvalue weighted by Gasteiger charge is 2.43. The van der Waals surface area contributed by atoms with Gasteiger partial charge in [-0.25, -0.2) is 4.79 Å². The number of piperidine rings is 1. The predicted octanol–water partition coefficient (Wildman–Crippen LogP) is 4.25. The number of thiocarbonyl (C=S) groups is 1. The number of oxime groups is 1. The summed E-state index contributed by atoms with van der Waals surface area (Å²) in [7, 11) is 0. The predicted molar refractivity (Wildman–Crippen MR) is 132 cm³/mol. The lowest BCUT2D eigenvalue weighted by Crippen LogP contribution is -2.50. The Morgan fingerprint density at radius 2 is 1.82 bits per heavy atom. The van der Waals surface area contributed by atoms with Crippen LogP contribution in [0.1, 0.15) is 30.4 Å². The summed E-state index contributed by atoms with van der Waals surface area (Å²) in [5.41, 5.74) is 1.78. The Morgan fingerprint density at radius 3 is 2.55 bits per heavy atom. The minimum Gasteiger partial charge on any atom is -0.392 e. The summed E-state index contributed by atoms with van der Waals surface area (Å²) in [5.74, 6) is 0.306. The molecule has 2 aromatic carbocycles. The molecule has 0 radical (unpaired) electrons. The fourth-order valence-electron chi connectivity index (χ4n) is 3.92. The number of carbonyl (C=O) groups is 1. The second-order valence-electron chi connectivity index (χ2n) is 8.26. The van der Waals surface area contributed by atoms with Gasteiger partial charge in [-0.2, -0.15) is 0 Å². The molecule has 0 bridgehead atoms. The molecule has 7 nitrogen and oxygen atoms in total. The van der Waals surface area contributed by atoms with Crippen LogP contribution in [0.25, 0.3) is 0 Å². The summed E-state index contributed by atoms with van der Waals surface area (Å²) in [6.45, 7) is 2.68. The van der Waals surface area contributed by atoms with E-state index >= 15 is 0 Å². The number of halogens is 1. The third-order valence-corrected chi connectivity index (χ3v) is 6.52. The van der Waals surface area contributed by atoms with Crippen LogP contribution in [0.4, 0.5) is 4.79 Å². The second kappa shape index (κ2) is 10.9. The van der Waals surface area contributed by atoms with Gasteiger partial charge in [0.15, 0.2) is 5.11 Å². The van der Waals surface area contributed by atoms with Crippen LogP contribution in [-0.4, -0.2) is 47.2 Å². The Kier molecular flexibility index (Phi) is 7.67. The van der Waals surface area contributed by atoms with E-state index in [1.165, 1.54) is 5.56 Å². The molecule has 2 heterocycles. The smallest absolute Gasteiger partial charge is 0.392 e. The van der Waals surface area contributed by atoms with Crippen molar-refractivity contribution in [2.24, 2.45) is 5.16 Å². The molecular formula is C24H27ClN4O3S. The number of hydrogen-bond acceptors (Lipinski definition) is 5. The molecule has 9 heteroatoms. The van der Waals surface area contributed by atoms with E-state index in [9.17, 15) is 4.79 Å². The summed E-state index contributed by atoms with van der Waals surface area (Å²) in [5, 5.41) is 11.5. The van der Waals surface area contributed by atoms with E-state index in [-0.39, 0.29) is 0 Å². The first-order valence-corrected chi connectivity index (χ1v) is 11.8. The van der Waals surface area contributed by atoms with Crippen molar-refractivity contribution in [2.75, 3.05) is 19.6 Å². The van der Waals surface area contributed by atoms with Gasteiger partial charge in [0.25, 0.3) is 0 Å². The van der Waals surface area contributed by atoms with E-state index < -0.39 is 11.7 Å². The fraction of sp³-hybridized carbons (Fsp3) is 0.375. The maximum absolute atomic E-state index is 12.1. The third kappa shape index (κ3) is 6.58. The molecule has 2 aromatic rings. The van der Waals surface area contributed by atoms with Gasteiger partial charge in [-0.05, 0) is 41.9 Å². The number of rotatable bonds is 5. The molecule has 2 aliphatic heterocycles. The molecule has 174 valence electrons. The highest BCUT2D eigenvalue weighted by molar-refractivity contribution is 7.80. The number of ether oxygens (including phenoxy) is 1. The van der Waals surface area contributed by atoms with Crippen molar-refractivity contribution in [2.45, 2.75) is 37.8 Å². The number of alkyl carbamates (subject to hydrolysis) is 1. The van der Waals surface area contributed by atoms with Gasteiger partial charge in [0.2, 0.25) is 5.90 Å². The van der Waals surface area contributed by atoms with Gasteiger partial charge in [-0.15, -0.1) is 0 Å². The van der Waals surface area contributed by atoms with E-state index in [0.717, 1.165) is 49.6 Å². The monoisotopic (exact) mass is 486 g/mol. The molecule has 0 atom stereocenters. The van der Waals surface area contributed by atoms with Crippen molar-refractivity contribution in [3.63, 3.8) is 0 Å². The van der Waals surface area contributed by atoms with Crippen LogP contribution in [0, 0.1) is 0 Å². The molecule has 0 unspecified atom stereocenters. The average molecular weight is 487 g/mol. The normalized spacial score (nSPS) is 16.6. The van der Waals surface area contributed by atoms with E-state index in [4.69, 9.17) is 33.4 Å². The largest absolute Gasteiger partial charge is 0.414 e. The molecule has 2 N–H and O–H groups in total. The van der Waals surface area contributed by atoms with E-state index in [2.05, 4.69) is 32.8 Å². The van der Waals surface area contributed by atoms with Gasteiger partial charge in [0.05, 0.1) is 6.42 Å².